The summed E-state index contributed by atoms with van der Waals surface area (Å²) in [4.78, 5) is 3.03. The van der Waals surface area contributed by atoms with Gasteiger partial charge in [0.15, 0.2) is 0 Å². The van der Waals surface area contributed by atoms with Gasteiger partial charge in [-0.25, -0.2) is 0 Å². The second-order valence-electron chi connectivity index (χ2n) is 6.57. The van der Waals surface area contributed by atoms with E-state index >= 15 is 0 Å². The van der Waals surface area contributed by atoms with E-state index in [9.17, 15) is 0 Å². The molecule has 1 rings (SSSR count). The van der Waals surface area contributed by atoms with Crippen molar-refractivity contribution in [2.45, 2.75) is 66.3 Å². The monoisotopic (exact) mass is 267 g/mol. The van der Waals surface area contributed by atoms with E-state index in [4.69, 9.17) is 0 Å². The topological polar surface area (TPSA) is 12.0 Å². The Balaban J connectivity index is 2.25. The fourth-order valence-electron chi connectivity index (χ4n) is 2.15. The molecule has 1 atom stereocenters. The molecule has 104 valence electrons. The van der Waals surface area contributed by atoms with Gasteiger partial charge in [0, 0.05) is 15.3 Å². The molecule has 0 fully saturated rings. The van der Waals surface area contributed by atoms with Crippen LogP contribution in [0.1, 0.15) is 55.9 Å². The quantitative estimate of drug-likeness (QED) is 0.787. The largest absolute Gasteiger partial charge is 0.312 e. The van der Waals surface area contributed by atoms with E-state index in [1.54, 1.807) is 4.88 Å². The van der Waals surface area contributed by atoms with Gasteiger partial charge < -0.3 is 5.32 Å². The molecule has 0 spiro atoms. The molecule has 0 bridgehead atoms. The van der Waals surface area contributed by atoms with E-state index in [1.165, 1.54) is 29.7 Å². The molecule has 0 aromatic carbocycles. The van der Waals surface area contributed by atoms with Gasteiger partial charge >= 0.3 is 0 Å². The Morgan fingerprint density at radius 3 is 2.39 bits per heavy atom. The van der Waals surface area contributed by atoms with Crippen LogP contribution in [0.15, 0.2) is 6.07 Å². The van der Waals surface area contributed by atoms with Gasteiger partial charge in [-0.1, -0.05) is 6.92 Å². The molecule has 1 heterocycles. The molecule has 0 amide bonds. The maximum absolute atomic E-state index is 3.57. The number of hydrogen-bond acceptors (Lipinski definition) is 2. The van der Waals surface area contributed by atoms with E-state index in [-0.39, 0.29) is 5.54 Å². The molecule has 1 aromatic rings. The predicted molar refractivity (Wildman–Crippen MR) is 83.7 cm³/mol. The number of thiophene rings is 1. The predicted octanol–water partition coefficient (Wildman–Crippen LogP) is 4.71. The van der Waals surface area contributed by atoms with Crippen molar-refractivity contribution in [3.8, 4) is 0 Å². The van der Waals surface area contributed by atoms with Gasteiger partial charge in [-0.3, -0.25) is 0 Å². The first kappa shape index (κ1) is 15.7. The molecule has 1 nitrogen and oxygen atoms in total. The summed E-state index contributed by atoms with van der Waals surface area (Å²) in [7, 11) is 0. The van der Waals surface area contributed by atoms with Gasteiger partial charge in [-0.15, -0.1) is 11.3 Å². The van der Waals surface area contributed by atoms with Crippen molar-refractivity contribution in [3.63, 3.8) is 0 Å². The fourth-order valence-corrected chi connectivity index (χ4v) is 3.22. The lowest BCUT2D eigenvalue weighted by Crippen LogP contribution is -2.36. The highest BCUT2D eigenvalue weighted by Gasteiger charge is 2.10. The summed E-state index contributed by atoms with van der Waals surface area (Å²) in [5.41, 5.74) is 1.73. The Bertz CT molecular complexity index is 360. The Hall–Kier alpha value is -0.340. The number of aryl methyl sites for hydroxylation is 3. The third-order valence-electron chi connectivity index (χ3n) is 3.30. The molecule has 0 aliphatic carbocycles. The number of rotatable bonds is 6. The van der Waals surface area contributed by atoms with Crippen molar-refractivity contribution in [3.05, 3.63) is 21.4 Å². The highest BCUT2D eigenvalue weighted by atomic mass is 32.1. The molecule has 1 aromatic heterocycles. The maximum atomic E-state index is 3.57. The summed E-state index contributed by atoms with van der Waals surface area (Å²) in [5.74, 6) is 0.807. The molecule has 2 heteroatoms. The Kier molecular flexibility index (Phi) is 5.87. The summed E-state index contributed by atoms with van der Waals surface area (Å²) in [6, 6.07) is 2.31. The normalized spacial score (nSPS) is 13.9. The highest BCUT2D eigenvalue weighted by molar-refractivity contribution is 7.12. The minimum absolute atomic E-state index is 0.251. The van der Waals surface area contributed by atoms with Gasteiger partial charge in [0.25, 0.3) is 0 Å². The average Bonchev–Trinajstić information content (AvgIpc) is 2.52. The molecule has 1 unspecified atom stereocenters. The average molecular weight is 267 g/mol. The van der Waals surface area contributed by atoms with E-state index in [2.05, 4.69) is 52.9 Å². The van der Waals surface area contributed by atoms with Crippen LogP contribution < -0.4 is 5.32 Å². The summed E-state index contributed by atoms with van der Waals surface area (Å²) < 4.78 is 0. The van der Waals surface area contributed by atoms with Crippen LogP contribution in [0.25, 0.3) is 0 Å². The van der Waals surface area contributed by atoms with Crippen LogP contribution in [0.2, 0.25) is 0 Å². The van der Waals surface area contributed by atoms with Crippen LogP contribution in [0, 0.1) is 19.8 Å². The van der Waals surface area contributed by atoms with Gasteiger partial charge in [-0.2, -0.15) is 0 Å². The second kappa shape index (κ2) is 6.72. The molecule has 0 saturated carbocycles. The van der Waals surface area contributed by atoms with Crippen LogP contribution in [-0.2, 0) is 6.42 Å². The molecule has 1 N–H and O–H groups in total. The molecule has 0 saturated heterocycles. The van der Waals surface area contributed by atoms with Gasteiger partial charge in [0.2, 0.25) is 0 Å². The Labute approximate surface area is 117 Å². The van der Waals surface area contributed by atoms with Crippen molar-refractivity contribution in [1.82, 2.24) is 5.32 Å². The zero-order chi connectivity index (χ0) is 13.8. The summed E-state index contributed by atoms with van der Waals surface area (Å²) in [6.07, 6.45) is 3.84. The fraction of sp³-hybridized carbons (Fsp3) is 0.750. The second-order valence-corrected chi connectivity index (χ2v) is 7.91. The molecule has 0 aliphatic rings. The first-order chi connectivity index (χ1) is 8.28. The van der Waals surface area contributed by atoms with Crippen molar-refractivity contribution in [2.75, 3.05) is 6.54 Å². The van der Waals surface area contributed by atoms with Crippen LogP contribution in [0.3, 0.4) is 0 Å². The Morgan fingerprint density at radius 1 is 1.22 bits per heavy atom. The molecular weight excluding hydrogens is 238 g/mol. The molecular formula is C16H29NS. The summed E-state index contributed by atoms with van der Waals surface area (Å²) in [6.45, 7) is 14.6. The first-order valence-corrected chi connectivity index (χ1v) is 7.90. The first-order valence-electron chi connectivity index (χ1n) is 7.09. The van der Waals surface area contributed by atoms with Crippen molar-refractivity contribution >= 4 is 11.3 Å². The SMILES string of the molecule is Cc1cc(C)c(CCC(C)CCNC(C)(C)C)s1. The summed E-state index contributed by atoms with van der Waals surface area (Å²) >= 11 is 1.97. The minimum Gasteiger partial charge on any atom is -0.312 e. The lowest BCUT2D eigenvalue weighted by Gasteiger charge is -2.22. The minimum atomic E-state index is 0.251. The zero-order valence-corrected chi connectivity index (χ0v) is 13.7. The van der Waals surface area contributed by atoms with Gasteiger partial charge in [-0.05, 0) is 78.0 Å². The lowest BCUT2D eigenvalue weighted by atomic mass is 9.99. The van der Waals surface area contributed by atoms with Crippen molar-refractivity contribution < 1.29 is 0 Å². The number of hydrogen-bond donors (Lipinski definition) is 1. The van der Waals surface area contributed by atoms with E-state index < -0.39 is 0 Å². The Morgan fingerprint density at radius 2 is 1.89 bits per heavy atom. The summed E-state index contributed by atoms with van der Waals surface area (Å²) in [5, 5.41) is 3.57. The van der Waals surface area contributed by atoms with E-state index in [0.29, 0.717) is 0 Å². The molecule has 0 radical (unpaired) electrons. The van der Waals surface area contributed by atoms with E-state index in [0.717, 1.165) is 12.5 Å². The van der Waals surface area contributed by atoms with Crippen LogP contribution in [0.4, 0.5) is 0 Å². The van der Waals surface area contributed by atoms with Crippen LogP contribution in [0.5, 0.6) is 0 Å². The van der Waals surface area contributed by atoms with Crippen molar-refractivity contribution in [1.29, 1.82) is 0 Å². The van der Waals surface area contributed by atoms with Crippen LogP contribution >= 0.6 is 11.3 Å². The molecule has 18 heavy (non-hydrogen) atoms. The smallest absolute Gasteiger partial charge is 0.00965 e. The third-order valence-corrected chi connectivity index (χ3v) is 4.51. The van der Waals surface area contributed by atoms with Gasteiger partial charge in [0.05, 0.1) is 0 Å². The van der Waals surface area contributed by atoms with E-state index in [1.807, 2.05) is 11.3 Å². The van der Waals surface area contributed by atoms with Gasteiger partial charge in [0.1, 0.15) is 0 Å². The lowest BCUT2D eigenvalue weighted by molar-refractivity contribution is 0.387. The highest BCUT2D eigenvalue weighted by Crippen LogP contribution is 2.24. The molecule has 0 aliphatic heterocycles. The maximum Gasteiger partial charge on any atom is 0.00965 e. The number of nitrogens with one attached hydrogen (secondary N) is 1. The van der Waals surface area contributed by atoms with Crippen LogP contribution in [-0.4, -0.2) is 12.1 Å². The van der Waals surface area contributed by atoms with Crippen molar-refractivity contribution in [2.24, 2.45) is 5.92 Å². The zero-order valence-electron chi connectivity index (χ0n) is 12.9. The third kappa shape index (κ3) is 6.01. The standard InChI is InChI=1S/C16H29NS/c1-12(9-10-17-16(4,5)6)7-8-15-13(2)11-14(3)18-15/h11-12,17H,7-10H2,1-6H3.